The van der Waals surface area contributed by atoms with Crippen LogP contribution in [0.4, 0.5) is 0 Å². The van der Waals surface area contributed by atoms with Gasteiger partial charge >= 0.3 is 8.25 Å². The maximum Gasteiger partial charge on any atom is 0.314 e. The number of carbonyl (C=O) groups is 1. The van der Waals surface area contributed by atoms with Crippen molar-refractivity contribution >= 4 is 14.0 Å². The molecule has 15 heavy (non-hydrogen) atoms. The van der Waals surface area contributed by atoms with Crippen LogP contribution in [-0.2, 0) is 9.36 Å². The maximum absolute atomic E-state index is 11.0. The molecule has 0 radical (unpaired) electrons. The zero-order valence-electron chi connectivity index (χ0n) is 10.00. The van der Waals surface area contributed by atoms with Gasteiger partial charge < -0.3 is 9.79 Å². The van der Waals surface area contributed by atoms with E-state index in [1.165, 1.54) is 5.57 Å². The summed E-state index contributed by atoms with van der Waals surface area (Å²) in [6, 6.07) is 0. The first-order valence-corrected chi connectivity index (χ1v) is 5.96. The summed E-state index contributed by atoms with van der Waals surface area (Å²) in [4.78, 5) is 25.4. The molecule has 90 valence electrons. The zero-order chi connectivity index (χ0) is 12.6. The van der Waals surface area contributed by atoms with Crippen LogP contribution >= 0.6 is 8.25 Å². The fourth-order valence-electron chi connectivity index (χ4n) is 0.603. The summed E-state index contributed by atoms with van der Waals surface area (Å²) >= 11 is 0. The van der Waals surface area contributed by atoms with Crippen molar-refractivity contribution < 1.29 is 19.1 Å². The minimum atomic E-state index is -3.13. The SMILES string of the molecule is CC(=O)C(C)(C)CC=C(C)C.O=[PH](O)O. The van der Waals surface area contributed by atoms with E-state index in [1.807, 2.05) is 13.8 Å². The highest BCUT2D eigenvalue weighted by Gasteiger charge is 2.21. The molecule has 0 heterocycles. The van der Waals surface area contributed by atoms with Crippen molar-refractivity contribution in [3.63, 3.8) is 0 Å². The monoisotopic (exact) mass is 236 g/mol. The lowest BCUT2D eigenvalue weighted by Gasteiger charge is -2.18. The normalized spacial score (nSPS) is 10.4. The molecule has 0 aliphatic rings. The number of ketones is 1. The molecule has 0 bridgehead atoms. The average Bonchev–Trinajstić information content (AvgIpc) is 1.99. The Balaban J connectivity index is 0. The fraction of sp³-hybridized carbons (Fsp3) is 0.700. The zero-order valence-corrected chi connectivity index (χ0v) is 11.0. The number of hydrogen-bond acceptors (Lipinski definition) is 2. The summed E-state index contributed by atoms with van der Waals surface area (Å²) in [6.45, 7) is 9.72. The number of carbonyl (C=O) groups excluding carboxylic acids is 1. The van der Waals surface area contributed by atoms with Crippen molar-refractivity contribution in [1.29, 1.82) is 0 Å². The van der Waals surface area contributed by atoms with E-state index in [9.17, 15) is 4.79 Å². The molecule has 0 unspecified atom stereocenters. The second kappa shape index (κ2) is 7.80. The van der Waals surface area contributed by atoms with Gasteiger partial charge in [-0.1, -0.05) is 25.5 Å². The maximum atomic E-state index is 11.0. The van der Waals surface area contributed by atoms with Crippen LogP contribution in [-0.4, -0.2) is 15.6 Å². The molecule has 0 aliphatic carbocycles. The minimum Gasteiger partial charge on any atom is -0.326 e. The van der Waals surface area contributed by atoms with Crippen molar-refractivity contribution in [2.75, 3.05) is 0 Å². The fourth-order valence-corrected chi connectivity index (χ4v) is 0.603. The Morgan fingerprint density at radius 1 is 1.27 bits per heavy atom. The van der Waals surface area contributed by atoms with E-state index in [4.69, 9.17) is 14.4 Å². The molecule has 0 amide bonds. The Morgan fingerprint density at radius 2 is 1.60 bits per heavy atom. The lowest BCUT2D eigenvalue weighted by molar-refractivity contribution is -0.124. The summed E-state index contributed by atoms with van der Waals surface area (Å²) in [5.41, 5.74) is 1.09. The predicted molar refractivity (Wildman–Crippen MR) is 61.9 cm³/mol. The smallest absolute Gasteiger partial charge is 0.314 e. The number of allylic oxidation sites excluding steroid dienone is 2. The molecule has 5 heteroatoms. The third-order valence-electron chi connectivity index (χ3n) is 1.97. The molecule has 0 spiro atoms. The first-order valence-electron chi connectivity index (χ1n) is 4.66. The Bertz CT molecular complexity index is 248. The van der Waals surface area contributed by atoms with E-state index in [2.05, 4.69) is 19.9 Å². The van der Waals surface area contributed by atoms with Gasteiger partial charge in [0.1, 0.15) is 5.78 Å². The lowest BCUT2D eigenvalue weighted by Crippen LogP contribution is -2.20. The molecule has 4 nitrogen and oxygen atoms in total. The first kappa shape index (κ1) is 17.0. The summed E-state index contributed by atoms with van der Waals surface area (Å²) in [5, 5.41) is 0. The molecule has 0 aliphatic heterocycles. The Kier molecular flexibility index (Phi) is 8.83. The molecule has 0 aromatic carbocycles. The Hall–Kier alpha value is -0.440. The number of hydrogen-bond donors (Lipinski definition) is 2. The lowest BCUT2D eigenvalue weighted by atomic mass is 9.85. The largest absolute Gasteiger partial charge is 0.326 e. The third kappa shape index (κ3) is 13.6. The molecule has 0 rings (SSSR count). The van der Waals surface area contributed by atoms with Gasteiger partial charge in [-0.2, -0.15) is 0 Å². The van der Waals surface area contributed by atoms with Crippen molar-refractivity contribution in [1.82, 2.24) is 0 Å². The number of Topliss-reactive ketones (excluding diaryl/α,β-unsaturated/α-hetero) is 1. The highest BCUT2D eigenvalue weighted by Crippen LogP contribution is 2.22. The van der Waals surface area contributed by atoms with Crippen LogP contribution < -0.4 is 0 Å². The van der Waals surface area contributed by atoms with Crippen LogP contribution in [0.25, 0.3) is 0 Å². The van der Waals surface area contributed by atoms with E-state index >= 15 is 0 Å². The van der Waals surface area contributed by atoms with Gasteiger partial charge in [0.05, 0.1) is 0 Å². The molecule has 0 atom stereocenters. The molecule has 2 N–H and O–H groups in total. The average molecular weight is 236 g/mol. The van der Waals surface area contributed by atoms with E-state index < -0.39 is 8.25 Å². The predicted octanol–water partition coefficient (Wildman–Crippen LogP) is 2.32. The molecule has 0 saturated heterocycles. The molecular weight excluding hydrogens is 215 g/mol. The molecular formula is C10H21O4P. The van der Waals surface area contributed by atoms with Crippen LogP contribution in [0.3, 0.4) is 0 Å². The summed E-state index contributed by atoms with van der Waals surface area (Å²) < 4.78 is 8.74. The highest BCUT2D eigenvalue weighted by atomic mass is 31.1. The van der Waals surface area contributed by atoms with Gasteiger partial charge in [-0.25, -0.2) is 0 Å². The quantitative estimate of drug-likeness (QED) is 0.582. The van der Waals surface area contributed by atoms with Crippen molar-refractivity contribution in [2.45, 2.75) is 41.0 Å². The van der Waals surface area contributed by atoms with Crippen molar-refractivity contribution in [2.24, 2.45) is 5.41 Å². The summed E-state index contributed by atoms with van der Waals surface area (Å²) in [6.07, 6.45) is 2.96. The van der Waals surface area contributed by atoms with Gasteiger partial charge in [0.25, 0.3) is 0 Å². The first-order chi connectivity index (χ1) is 6.59. The van der Waals surface area contributed by atoms with Gasteiger partial charge in [0, 0.05) is 5.41 Å². The van der Waals surface area contributed by atoms with Crippen LogP contribution in [0.5, 0.6) is 0 Å². The minimum absolute atomic E-state index is 0.183. The number of rotatable bonds is 3. The van der Waals surface area contributed by atoms with Crippen molar-refractivity contribution in [3.8, 4) is 0 Å². The topological polar surface area (TPSA) is 74.6 Å². The van der Waals surface area contributed by atoms with E-state index in [1.54, 1.807) is 6.92 Å². The van der Waals surface area contributed by atoms with Crippen LogP contribution in [0, 0.1) is 5.41 Å². The molecule has 0 aromatic rings. The van der Waals surface area contributed by atoms with Crippen LogP contribution in [0.2, 0.25) is 0 Å². The van der Waals surface area contributed by atoms with E-state index in [-0.39, 0.29) is 11.2 Å². The summed E-state index contributed by atoms with van der Waals surface area (Å²) in [7, 11) is -3.13. The Morgan fingerprint density at radius 3 is 1.80 bits per heavy atom. The third-order valence-corrected chi connectivity index (χ3v) is 1.97. The van der Waals surface area contributed by atoms with Crippen molar-refractivity contribution in [3.05, 3.63) is 11.6 Å². The van der Waals surface area contributed by atoms with Gasteiger partial charge in [-0.15, -0.1) is 0 Å². The molecule has 0 aromatic heterocycles. The van der Waals surface area contributed by atoms with Crippen LogP contribution in [0.15, 0.2) is 11.6 Å². The van der Waals surface area contributed by atoms with Gasteiger partial charge in [0.2, 0.25) is 0 Å². The highest BCUT2D eigenvalue weighted by molar-refractivity contribution is 7.30. The van der Waals surface area contributed by atoms with Crippen LogP contribution in [0.1, 0.15) is 41.0 Å². The molecule has 0 saturated carbocycles. The van der Waals surface area contributed by atoms with Gasteiger partial charge in [0.15, 0.2) is 0 Å². The van der Waals surface area contributed by atoms with Gasteiger partial charge in [-0.05, 0) is 27.2 Å². The van der Waals surface area contributed by atoms with E-state index in [0.717, 1.165) is 6.42 Å². The summed E-state index contributed by atoms with van der Waals surface area (Å²) in [5.74, 6) is 0.259. The second-order valence-corrected chi connectivity index (χ2v) is 4.77. The molecule has 0 fully saturated rings. The Labute approximate surface area is 92.0 Å². The van der Waals surface area contributed by atoms with E-state index in [0.29, 0.717) is 0 Å². The second-order valence-electron chi connectivity index (χ2n) is 4.21. The van der Waals surface area contributed by atoms with Gasteiger partial charge in [-0.3, -0.25) is 9.36 Å². The standard InChI is InChI=1S/C10H18O.H3O3P/c1-8(2)6-7-10(4,5)9(3)11;1-4(2)3/h6H,7H2,1-5H3;4H,(H2,1,2,3).